The molecule has 9 rings (SSSR count). The Morgan fingerprint density at radius 1 is 0.341 bits per heavy atom. The Labute approximate surface area is 255 Å². The summed E-state index contributed by atoms with van der Waals surface area (Å²) in [7, 11) is 0. The molecule has 0 saturated heterocycles. The topological polar surface area (TPSA) is 18.1 Å². The number of benzene rings is 7. The molecule has 0 radical (unpaired) electrons. The highest BCUT2D eigenvalue weighted by atomic mass is 16.3. The van der Waals surface area contributed by atoms with Gasteiger partial charge < -0.3 is 8.98 Å². The predicted molar refractivity (Wildman–Crippen MR) is 184 cm³/mol. The monoisotopic (exact) mass is 561 g/mol. The molecule has 9 aromatic rings. The highest BCUT2D eigenvalue weighted by Gasteiger charge is 2.16. The van der Waals surface area contributed by atoms with E-state index in [0.29, 0.717) is 0 Å². The van der Waals surface area contributed by atoms with Gasteiger partial charge in [-0.15, -0.1) is 0 Å². The van der Waals surface area contributed by atoms with Gasteiger partial charge in [0.2, 0.25) is 0 Å². The van der Waals surface area contributed by atoms with Gasteiger partial charge in [0.05, 0.1) is 16.7 Å². The summed E-state index contributed by atoms with van der Waals surface area (Å²) in [5.74, 6) is 0. The number of hydrogen-bond donors (Lipinski definition) is 0. The van der Waals surface area contributed by atoms with Gasteiger partial charge >= 0.3 is 0 Å². The normalized spacial score (nSPS) is 11.6. The van der Waals surface area contributed by atoms with Gasteiger partial charge in [0.1, 0.15) is 11.2 Å². The van der Waals surface area contributed by atoms with E-state index >= 15 is 0 Å². The molecule has 2 nitrogen and oxygen atoms in total. The first-order chi connectivity index (χ1) is 21.8. The lowest BCUT2D eigenvalue weighted by Crippen LogP contribution is -1.97. The third-order valence-corrected chi connectivity index (χ3v) is 8.83. The Morgan fingerprint density at radius 2 is 0.909 bits per heavy atom. The molecule has 0 spiro atoms. The second-order valence-corrected chi connectivity index (χ2v) is 11.4. The van der Waals surface area contributed by atoms with E-state index in [1.165, 1.54) is 60.9 Å². The van der Waals surface area contributed by atoms with Crippen molar-refractivity contribution in [3.05, 3.63) is 164 Å². The average Bonchev–Trinajstić information content (AvgIpc) is 3.64. The summed E-state index contributed by atoms with van der Waals surface area (Å²) in [5, 5.41) is 4.81. The summed E-state index contributed by atoms with van der Waals surface area (Å²) in [6, 6.07) is 58.6. The van der Waals surface area contributed by atoms with Gasteiger partial charge in [-0.05, 0) is 70.3 Å². The molecule has 44 heavy (non-hydrogen) atoms. The van der Waals surface area contributed by atoms with Crippen LogP contribution < -0.4 is 0 Å². The zero-order valence-corrected chi connectivity index (χ0v) is 23.9. The van der Waals surface area contributed by atoms with Gasteiger partial charge in [-0.2, -0.15) is 0 Å². The van der Waals surface area contributed by atoms with Crippen molar-refractivity contribution in [3.63, 3.8) is 0 Å². The van der Waals surface area contributed by atoms with Gasteiger partial charge in [-0.3, -0.25) is 0 Å². The van der Waals surface area contributed by atoms with E-state index < -0.39 is 0 Å². The minimum atomic E-state index is 0.919. The molecular formula is C42H27NO. The van der Waals surface area contributed by atoms with Crippen LogP contribution in [0.1, 0.15) is 0 Å². The number of rotatable bonds is 4. The summed E-state index contributed by atoms with van der Waals surface area (Å²) in [6.07, 6.45) is 0. The average molecular weight is 562 g/mol. The predicted octanol–water partition coefficient (Wildman–Crippen LogP) is 11.7. The number of fused-ring (bicyclic) bond motifs is 6. The van der Waals surface area contributed by atoms with Crippen molar-refractivity contribution >= 4 is 43.7 Å². The lowest BCUT2D eigenvalue weighted by atomic mass is 9.98. The van der Waals surface area contributed by atoms with E-state index in [0.717, 1.165) is 21.9 Å². The van der Waals surface area contributed by atoms with Gasteiger partial charge in [-0.1, -0.05) is 121 Å². The molecular weight excluding hydrogens is 534 g/mol. The Hall–Kier alpha value is -5.86. The molecule has 0 atom stereocenters. The van der Waals surface area contributed by atoms with E-state index in [1.54, 1.807) is 0 Å². The molecule has 2 aromatic heterocycles. The molecule has 0 amide bonds. The van der Waals surface area contributed by atoms with Crippen molar-refractivity contribution in [2.75, 3.05) is 0 Å². The summed E-state index contributed by atoms with van der Waals surface area (Å²) in [4.78, 5) is 0. The van der Waals surface area contributed by atoms with E-state index in [2.05, 4.69) is 156 Å². The van der Waals surface area contributed by atoms with E-state index in [4.69, 9.17) is 4.42 Å². The van der Waals surface area contributed by atoms with Crippen molar-refractivity contribution in [1.29, 1.82) is 0 Å². The number of para-hydroxylation sites is 3. The molecule has 0 bridgehead atoms. The lowest BCUT2D eigenvalue weighted by molar-refractivity contribution is 0.669. The van der Waals surface area contributed by atoms with Crippen LogP contribution in [0.5, 0.6) is 0 Å². The molecule has 0 unspecified atom stereocenters. The van der Waals surface area contributed by atoms with Crippen LogP contribution in [0.4, 0.5) is 0 Å². The van der Waals surface area contributed by atoms with Gasteiger partial charge in [0, 0.05) is 27.1 Å². The fraction of sp³-hybridized carbons (Fsp3) is 0. The molecule has 0 aliphatic carbocycles. The standard InChI is InChI=1S/C42H27NO/c1-2-10-28(11-3-1)31-22-24-40-36(26-31)34-13-5-8-16-39(34)43(40)38-15-7-4-12-33(38)30-20-18-29(19-21-30)32-23-25-42-37(27-32)35-14-6-9-17-41(35)44-42/h1-27H. The van der Waals surface area contributed by atoms with Crippen molar-refractivity contribution in [3.8, 4) is 39.1 Å². The Morgan fingerprint density at radius 3 is 1.77 bits per heavy atom. The van der Waals surface area contributed by atoms with Gasteiger partial charge in [0.15, 0.2) is 0 Å². The second-order valence-electron chi connectivity index (χ2n) is 11.4. The van der Waals surface area contributed by atoms with Crippen molar-refractivity contribution in [1.82, 2.24) is 4.57 Å². The summed E-state index contributed by atoms with van der Waals surface area (Å²) < 4.78 is 8.47. The maximum atomic E-state index is 6.06. The van der Waals surface area contributed by atoms with Crippen LogP contribution in [0.2, 0.25) is 0 Å². The largest absolute Gasteiger partial charge is 0.456 e. The smallest absolute Gasteiger partial charge is 0.135 e. The van der Waals surface area contributed by atoms with Crippen molar-refractivity contribution in [2.45, 2.75) is 0 Å². The minimum Gasteiger partial charge on any atom is -0.456 e. The number of aromatic nitrogens is 1. The summed E-state index contributed by atoms with van der Waals surface area (Å²) in [6.45, 7) is 0. The van der Waals surface area contributed by atoms with Crippen LogP contribution >= 0.6 is 0 Å². The highest BCUT2D eigenvalue weighted by Crippen LogP contribution is 2.39. The first-order valence-corrected chi connectivity index (χ1v) is 15.0. The lowest BCUT2D eigenvalue weighted by Gasteiger charge is -2.14. The van der Waals surface area contributed by atoms with Crippen LogP contribution in [0, 0.1) is 0 Å². The first kappa shape index (κ1) is 24.7. The zero-order chi connectivity index (χ0) is 29.0. The van der Waals surface area contributed by atoms with E-state index in [9.17, 15) is 0 Å². The number of nitrogens with zero attached hydrogens (tertiary/aromatic N) is 1. The Kier molecular flexibility index (Phi) is 5.54. The zero-order valence-electron chi connectivity index (χ0n) is 23.9. The molecule has 0 aliphatic heterocycles. The molecule has 0 fully saturated rings. The molecule has 0 N–H and O–H groups in total. The SMILES string of the molecule is c1ccc(-c2ccc3c(c2)c2ccccc2n3-c2ccccc2-c2ccc(-c3ccc4oc5ccccc5c4c3)cc2)cc1. The van der Waals surface area contributed by atoms with Crippen molar-refractivity contribution in [2.24, 2.45) is 0 Å². The Balaban J connectivity index is 1.16. The molecule has 206 valence electrons. The highest BCUT2D eigenvalue weighted by molar-refractivity contribution is 6.11. The van der Waals surface area contributed by atoms with Gasteiger partial charge in [-0.25, -0.2) is 0 Å². The quantitative estimate of drug-likeness (QED) is 0.209. The van der Waals surface area contributed by atoms with Crippen LogP contribution in [0.25, 0.3) is 82.8 Å². The van der Waals surface area contributed by atoms with Crippen LogP contribution in [-0.2, 0) is 0 Å². The number of hydrogen-bond acceptors (Lipinski definition) is 1. The summed E-state index contributed by atoms with van der Waals surface area (Å²) >= 11 is 0. The maximum Gasteiger partial charge on any atom is 0.135 e. The first-order valence-electron chi connectivity index (χ1n) is 15.0. The number of furan rings is 1. The fourth-order valence-corrected chi connectivity index (χ4v) is 6.70. The molecule has 7 aromatic carbocycles. The minimum absolute atomic E-state index is 0.919. The third-order valence-electron chi connectivity index (χ3n) is 8.83. The van der Waals surface area contributed by atoms with E-state index in [1.807, 2.05) is 12.1 Å². The maximum absolute atomic E-state index is 6.06. The van der Waals surface area contributed by atoms with E-state index in [-0.39, 0.29) is 0 Å². The molecule has 0 aliphatic rings. The van der Waals surface area contributed by atoms with Crippen LogP contribution in [0.15, 0.2) is 168 Å². The van der Waals surface area contributed by atoms with Crippen molar-refractivity contribution < 1.29 is 4.42 Å². The third kappa shape index (κ3) is 3.89. The molecule has 2 heterocycles. The fourth-order valence-electron chi connectivity index (χ4n) is 6.70. The van der Waals surface area contributed by atoms with Crippen LogP contribution in [-0.4, -0.2) is 4.57 Å². The molecule has 0 saturated carbocycles. The van der Waals surface area contributed by atoms with Crippen LogP contribution in [0.3, 0.4) is 0 Å². The Bertz CT molecular complexity index is 2480. The van der Waals surface area contributed by atoms with Gasteiger partial charge in [0.25, 0.3) is 0 Å². The molecule has 2 heteroatoms. The second kappa shape index (κ2) is 9.86. The summed E-state index contributed by atoms with van der Waals surface area (Å²) in [5.41, 5.74) is 12.6.